The molecule has 0 radical (unpaired) electrons. The maximum absolute atomic E-state index is 13.1. The Hall–Kier alpha value is -1.02. The average molecular weight is 1190 g/mol. The molecule has 9 heteroatoms. The first kappa shape index (κ1) is 82.0. The van der Waals surface area contributed by atoms with Gasteiger partial charge in [0.25, 0.3) is 0 Å². The van der Waals surface area contributed by atoms with E-state index >= 15 is 0 Å². The van der Waals surface area contributed by atoms with Crippen molar-refractivity contribution in [2.75, 3.05) is 40.9 Å². The van der Waals surface area contributed by atoms with Crippen molar-refractivity contribution < 1.29 is 32.9 Å². The Morgan fingerprint density at radius 3 is 0.928 bits per heavy atom. The molecular formula is C74H148N2O6P+. The van der Waals surface area contributed by atoms with Crippen LogP contribution < -0.4 is 5.32 Å². The Morgan fingerprint density at radius 1 is 0.398 bits per heavy atom. The predicted octanol–water partition coefficient (Wildman–Crippen LogP) is 23.8. The summed E-state index contributed by atoms with van der Waals surface area (Å²) in [5, 5.41) is 14.0. The smallest absolute Gasteiger partial charge is 0.387 e. The summed E-state index contributed by atoms with van der Waals surface area (Å²) < 4.78 is 23.9. The van der Waals surface area contributed by atoms with Crippen LogP contribution in [0.3, 0.4) is 0 Å². The summed E-state index contributed by atoms with van der Waals surface area (Å²) in [5.74, 6) is -0.168. The molecule has 0 aliphatic carbocycles. The van der Waals surface area contributed by atoms with Crippen molar-refractivity contribution in [2.24, 2.45) is 0 Å². The van der Waals surface area contributed by atoms with Gasteiger partial charge in [0, 0.05) is 6.42 Å². The molecule has 0 aliphatic heterocycles. The molecule has 0 aromatic carbocycles. The van der Waals surface area contributed by atoms with E-state index in [-0.39, 0.29) is 19.1 Å². The van der Waals surface area contributed by atoms with Crippen molar-refractivity contribution >= 4 is 13.7 Å². The van der Waals surface area contributed by atoms with Gasteiger partial charge in [-0.2, -0.15) is 0 Å². The average Bonchev–Trinajstić information content (AvgIpc) is 3.49. The second-order valence-corrected chi connectivity index (χ2v) is 28.5. The topological polar surface area (TPSA) is 105 Å². The number of phosphoric ester groups is 1. The first-order chi connectivity index (χ1) is 40.5. The minimum Gasteiger partial charge on any atom is -0.387 e. The lowest BCUT2D eigenvalue weighted by atomic mass is 10.0. The van der Waals surface area contributed by atoms with E-state index in [0.717, 1.165) is 32.1 Å². The van der Waals surface area contributed by atoms with Gasteiger partial charge in [0.2, 0.25) is 5.91 Å². The monoisotopic (exact) mass is 1190 g/mol. The highest BCUT2D eigenvalue weighted by atomic mass is 31.2. The lowest BCUT2D eigenvalue weighted by Crippen LogP contribution is -2.45. The van der Waals surface area contributed by atoms with E-state index in [9.17, 15) is 19.4 Å². The highest BCUT2D eigenvalue weighted by molar-refractivity contribution is 7.47. The van der Waals surface area contributed by atoms with Gasteiger partial charge in [-0.05, 0) is 44.9 Å². The first-order valence-corrected chi connectivity index (χ1v) is 38.7. The third-order valence-corrected chi connectivity index (χ3v) is 18.4. The number of nitrogens with zero attached hydrogens (tertiary/aromatic N) is 1. The molecule has 0 aromatic heterocycles. The number of rotatable bonds is 70. The molecule has 0 aromatic rings. The summed E-state index contributed by atoms with van der Waals surface area (Å²) in [6.45, 7) is 4.89. The summed E-state index contributed by atoms with van der Waals surface area (Å²) in [5.41, 5.74) is 0. The van der Waals surface area contributed by atoms with Gasteiger partial charge in [0.05, 0.1) is 39.9 Å². The van der Waals surface area contributed by atoms with Crippen molar-refractivity contribution in [3.05, 3.63) is 24.3 Å². The highest BCUT2D eigenvalue weighted by Crippen LogP contribution is 2.43. The number of amides is 1. The summed E-state index contributed by atoms with van der Waals surface area (Å²) in [6, 6.07) is -0.846. The van der Waals surface area contributed by atoms with Crippen molar-refractivity contribution in [3.63, 3.8) is 0 Å². The van der Waals surface area contributed by atoms with Gasteiger partial charge < -0.3 is 19.8 Å². The number of quaternary nitrogens is 1. The SMILES string of the molecule is CCCCCCCCCC/C=C\CCCCCCCCCCCCCCCCCCCCCC(=O)NC(COP(=O)(O)OCC[N+](C)(C)C)C(O)/C=C/CCCCCCCCCCCCCCCCCCCCCCCCCCCCCC. The van der Waals surface area contributed by atoms with E-state index in [1.54, 1.807) is 6.08 Å². The number of aliphatic hydroxyl groups is 1. The van der Waals surface area contributed by atoms with Gasteiger partial charge in [-0.15, -0.1) is 0 Å². The van der Waals surface area contributed by atoms with Crippen molar-refractivity contribution in [3.8, 4) is 0 Å². The van der Waals surface area contributed by atoms with E-state index in [1.165, 1.54) is 340 Å². The van der Waals surface area contributed by atoms with E-state index in [1.807, 2.05) is 27.2 Å². The van der Waals surface area contributed by atoms with Crippen LogP contribution in [0.4, 0.5) is 0 Å². The molecule has 0 saturated heterocycles. The number of hydrogen-bond donors (Lipinski definition) is 3. The Labute approximate surface area is 519 Å². The molecule has 3 atom stereocenters. The van der Waals surface area contributed by atoms with Crippen molar-refractivity contribution in [1.29, 1.82) is 0 Å². The number of likely N-dealkylation sites (N-methyl/N-ethyl adjacent to an activating group) is 1. The number of carbonyl (C=O) groups is 1. The van der Waals surface area contributed by atoms with Gasteiger partial charge in [-0.1, -0.05) is 366 Å². The second kappa shape index (κ2) is 65.4. The molecule has 494 valence electrons. The zero-order chi connectivity index (χ0) is 60.5. The first-order valence-electron chi connectivity index (χ1n) is 37.2. The molecule has 3 N–H and O–H groups in total. The molecule has 1 amide bonds. The summed E-state index contributed by atoms with van der Waals surface area (Å²) >= 11 is 0. The molecule has 8 nitrogen and oxygen atoms in total. The second-order valence-electron chi connectivity index (χ2n) is 27.0. The maximum atomic E-state index is 13.1. The van der Waals surface area contributed by atoms with E-state index in [0.29, 0.717) is 17.4 Å². The maximum Gasteiger partial charge on any atom is 0.472 e. The molecule has 0 bridgehead atoms. The molecular weight excluding hydrogens is 1040 g/mol. The van der Waals surface area contributed by atoms with Crippen LogP contribution >= 0.6 is 7.82 Å². The van der Waals surface area contributed by atoms with Crippen LogP contribution in [-0.4, -0.2) is 73.4 Å². The molecule has 0 saturated carbocycles. The van der Waals surface area contributed by atoms with Gasteiger partial charge in [0.1, 0.15) is 13.2 Å². The lowest BCUT2D eigenvalue weighted by Gasteiger charge is -2.25. The third kappa shape index (κ3) is 68.3. The molecule has 0 fully saturated rings. The number of carbonyl (C=O) groups excluding carboxylic acids is 1. The quantitative estimate of drug-likeness (QED) is 0.0243. The van der Waals surface area contributed by atoms with Crippen LogP contribution in [0.15, 0.2) is 24.3 Å². The van der Waals surface area contributed by atoms with Crippen molar-refractivity contribution in [1.82, 2.24) is 5.32 Å². The van der Waals surface area contributed by atoms with E-state index in [4.69, 9.17) is 9.05 Å². The number of unbranched alkanes of at least 4 members (excludes halogenated alkanes) is 55. The Kier molecular flexibility index (Phi) is 64.6. The number of phosphoric acid groups is 1. The van der Waals surface area contributed by atoms with Gasteiger partial charge >= 0.3 is 7.82 Å². The Bertz CT molecular complexity index is 1400. The molecule has 0 heterocycles. The van der Waals surface area contributed by atoms with Crippen LogP contribution in [0, 0.1) is 0 Å². The molecule has 83 heavy (non-hydrogen) atoms. The zero-order valence-electron chi connectivity index (χ0n) is 56.7. The molecule has 0 spiro atoms. The standard InChI is InChI=1S/C74H147N2O6P/c1-6-8-10-12-14-16-18-20-22-24-26-28-30-32-34-36-38-40-42-44-46-48-50-52-54-56-58-60-62-64-66-68-74(78)75-72(71-82-83(79,80)81-70-69-76(3,4)5)73(77)67-65-63-61-59-57-55-53-51-49-47-45-43-41-39-37-35-33-31-29-27-25-23-21-19-17-15-13-11-9-7-2/h24,26,65,67,72-73,77H,6-23,25,27-64,66,68-71H2,1-5H3,(H-,75,78,79,80)/p+1/b26-24-,67-65+. The van der Waals surface area contributed by atoms with Gasteiger partial charge in [-0.3, -0.25) is 13.8 Å². The summed E-state index contributed by atoms with van der Waals surface area (Å²) in [4.78, 5) is 23.5. The number of allylic oxidation sites excluding steroid dienone is 3. The minimum absolute atomic E-state index is 0.0645. The van der Waals surface area contributed by atoms with Crippen LogP contribution in [-0.2, 0) is 18.4 Å². The van der Waals surface area contributed by atoms with Crippen LogP contribution in [0.5, 0.6) is 0 Å². The zero-order valence-corrected chi connectivity index (χ0v) is 57.6. The van der Waals surface area contributed by atoms with Crippen LogP contribution in [0.2, 0.25) is 0 Å². The number of hydrogen-bond acceptors (Lipinski definition) is 5. The lowest BCUT2D eigenvalue weighted by molar-refractivity contribution is -0.870. The highest BCUT2D eigenvalue weighted by Gasteiger charge is 2.28. The fourth-order valence-electron chi connectivity index (χ4n) is 11.6. The number of aliphatic hydroxyl groups excluding tert-OH is 1. The summed E-state index contributed by atoms with van der Waals surface area (Å²) in [6.07, 6.45) is 86.3. The van der Waals surface area contributed by atoms with Crippen molar-refractivity contribution in [2.45, 2.75) is 405 Å². The Balaban J connectivity index is 4.00. The fourth-order valence-corrected chi connectivity index (χ4v) is 12.4. The van der Waals surface area contributed by atoms with Gasteiger partial charge in [-0.25, -0.2) is 4.57 Å². The fraction of sp³-hybridized carbons (Fsp3) is 0.932. The largest absolute Gasteiger partial charge is 0.472 e. The van der Waals surface area contributed by atoms with E-state index in [2.05, 4.69) is 31.3 Å². The van der Waals surface area contributed by atoms with E-state index < -0.39 is 20.0 Å². The van der Waals surface area contributed by atoms with Crippen LogP contribution in [0.25, 0.3) is 0 Å². The Morgan fingerprint density at radius 2 is 0.651 bits per heavy atom. The normalized spacial score (nSPS) is 13.7. The molecule has 3 unspecified atom stereocenters. The van der Waals surface area contributed by atoms with Gasteiger partial charge in [0.15, 0.2) is 0 Å². The molecule has 0 aliphatic rings. The summed E-state index contributed by atoms with van der Waals surface area (Å²) in [7, 11) is 1.59. The minimum atomic E-state index is -4.35. The molecule has 0 rings (SSSR count). The third-order valence-electron chi connectivity index (χ3n) is 17.4. The predicted molar refractivity (Wildman–Crippen MR) is 365 cm³/mol. The van der Waals surface area contributed by atoms with Crippen LogP contribution in [0.1, 0.15) is 393 Å². The number of nitrogens with one attached hydrogen (secondary N) is 1.